The topological polar surface area (TPSA) is 61.4 Å². The molecule has 0 spiro atoms. The molecule has 1 saturated heterocycles. The number of nitrogens with zero attached hydrogens (tertiary/aromatic N) is 4. The van der Waals surface area contributed by atoms with Crippen molar-refractivity contribution in [3.05, 3.63) is 47.9 Å². The number of nitrogens with one attached hydrogen (secondary N) is 1. The van der Waals surface area contributed by atoms with Gasteiger partial charge in [-0.3, -0.25) is 4.79 Å². The zero-order chi connectivity index (χ0) is 18.7. The summed E-state index contributed by atoms with van der Waals surface area (Å²) in [6.07, 6.45) is 3.23. The molecule has 1 N–H and O–H groups in total. The van der Waals surface area contributed by atoms with Gasteiger partial charge in [-0.1, -0.05) is 32.9 Å². The van der Waals surface area contributed by atoms with E-state index in [4.69, 9.17) is 0 Å². The van der Waals surface area contributed by atoms with E-state index in [9.17, 15) is 4.79 Å². The van der Waals surface area contributed by atoms with Crippen molar-refractivity contribution in [3.8, 4) is 0 Å². The van der Waals surface area contributed by atoms with E-state index < -0.39 is 0 Å². The minimum atomic E-state index is -0.245. The van der Waals surface area contributed by atoms with Gasteiger partial charge in [0.1, 0.15) is 11.5 Å². The molecule has 1 aromatic carbocycles. The highest BCUT2D eigenvalue weighted by atomic mass is 16.1. The highest BCUT2D eigenvalue weighted by molar-refractivity contribution is 6.02. The van der Waals surface area contributed by atoms with Crippen LogP contribution in [0.25, 0.3) is 0 Å². The van der Waals surface area contributed by atoms with Crippen LogP contribution in [-0.2, 0) is 5.41 Å². The first-order chi connectivity index (χ1) is 12.3. The Morgan fingerprint density at radius 1 is 1.00 bits per heavy atom. The molecular weight excluding hydrogens is 326 g/mol. The van der Waals surface area contributed by atoms with Gasteiger partial charge in [0.05, 0.1) is 12.4 Å². The largest absolute Gasteiger partial charge is 0.353 e. The summed E-state index contributed by atoms with van der Waals surface area (Å²) < 4.78 is 0. The summed E-state index contributed by atoms with van der Waals surface area (Å²) in [4.78, 5) is 25.6. The minimum Gasteiger partial charge on any atom is -0.353 e. The third-order valence-electron chi connectivity index (χ3n) is 4.71. The van der Waals surface area contributed by atoms with Gasteiger partial charge >= 0.3 is 0 Å². The van der Waals surface area contributed by atoms with Gasteiger partial charge in [0, 0.05) is 31.9 Å². The standard InChI is InChI=1S/C20H27N5O/c1-20(2,3)15-5-7-16(8-6-15)23-19(26)17-13-22-18(14-21-17)25-11-9-24(4)10-12-25/h5-8,13-14H,9-12H2,1-4H3,(H,23,26). The number of hydrogen-bond donors (Lipinski definition) is 1. The maximum atomic E-state index is 12.4. The Bertz CT molecular complexity index is 741. The first-order valence-electron chi connectivity index (χ1n) is 9.00. The zero-order valence-electron chi connectivity index (χ0n) is 16.0. The van der Waals surface area contributed by atoms with Gasteiger partial charge in [-0.2, -0.15) is 0 Å². The van der Waals surface area contributed by atoms with Gasteiger partial charge in [0.2, 0.25) is 0 Å². The molecule has 6 nitrogen and oxygen atoms in total. The van der Waals surface area contributed by atoms with Gasteiger partial charge < -0.3 is 15.1 Å². The van der Waals surface area contributed by atoms with Gasteiger partial charge in [-0.05, 0) is 30.2 Å². The number of carbonyl (C=O) groups is 1. The van der Waals surface area contributed by atoms with Crippen LogP contribution in [0, 0.1) is 0 Å². The first-order valence-corrected chi connectivity index (χ1v) is 9.00. The van der Waals surface area contributed by atoms with Crippen molar-refractivity contribution in [3.63, 3.8) is 0 Å². The first kappa shape index (κ1) is 18.3. The quantitative estimate of drug-likeness (QED) is 0.919. The van der Waals surface area contributed by atoms with Crippen molar-refractivity contribution >= 4 is 17.4 Å². The van der Waals surface area contributed by atoms with Crippen LogP contribution >= 0.6 is 0 Å². The van der Waals surface area contributed by atoms with E-state index in [0.29, 0.717) is 5.69 Å². The third kappa shape index (κ3) is 4.38. The molecule has 2 aromatic rings. The Morgan fingerprint density at radius 2 is 1.65 bits per heavy atom. The summed E-state index contributed by atoms with van der Waals surface area (Å²) >= 11 is 0. The van der Waals surface area contributed by atoms with Crippen molar-refractivity contribution in [2.24, 2.45) is 0 Å². The Morgan fingerprint density at radius 3 is 2.19 bits per heavy atom. The highest BCUT2D eigenvalue weighted by Gasteiger charge is 2.17. The summed E-state index contributed by atoms with van der Waals surface area (Å²) in [7, 11) is 2.12. The van der Waals surface area contributed by atoms with E-state index in [0.717, 1.165) is 37.7 Å². The second-order valence-electron chi connectivity index (χ2n) is 7.83. The van der Waals surface area contributed by atoms with Crippen molar-refractivity contribution < 1.29 is 4.79 Å². The fraction of sp³-hybridized carbons (Fsp3) is 0.450. The molecule has 1 aliphatic heterocycles. The molecule has 138 valence electrons. The van der Waals surface area contributed by atoms with Crippen LogP contribution < -0.4 is 10.2 Å². The van der Waals surface area contributed by atoms with Crippen LogP contribution in [0.5, 0.6) is 0 Å². The molecular formula is C20H27N5O. The molecule has 26 heavy (non-hydrogen) atoms. The molecule has 1 aromatic heterocycles. The van der Waals surface area contributed by atoms with E-state index >= 15 is 0 Å². The molecule has 0 aliphatic carbocycles. The molecule has 1 amide bonds. The van der Waals surface area contributed by atoms with Crippen molar-refractivity contribution in [1.29, 1.82) is 0 Å². The van der Waals surface area contributed by atoms with Gasteiger partial charge in [0.15, 0.2) is 0 Å². The normalized spacial score (nSPS) is 15.8. The summed E-state index contributed by atoms with van der Waals surface area (Å²) in [6.45, 7) is 10.4. The molecule has 2 heterocycles. The smallest absolute Gasteiger partial charge is 0.275 e. The second-order valence-corrected chi connectivity index (χ2v) is 7.83. The molecule has 0 unspecified atom stereocenters. The minimum absolute atomic E-state index is 0.0904. The molecule has 0 bridgehead atoms. The van der Waals surface area contributed by atoms with E-state index in [1.54, 1.807) is 12.4 Å². The van der Waals surface area contributed by atoms with Crippen molar-refractivity contribution in [2.75, 3.05) is 43.4 Å². The molecule has 3 rings (SSSR count). The summed E-state index contributed by atoms with van der Waals surface area (Å²) in [5.74, 6) is 0.579. The molecule has 1 aliphatic rings. The number of carbonyl (C=O) groups excluding carboxylic acids is 1. The zero-order valence-corrected chi connectivity index (χ0v) is 16.0. The van der Waals surface area contributed by atoms with E-state index in [1.165, 1.54) is 5.56 Å². The van der Waals surface area contributed by atoms with Crippen LogP contribution in [0.3, 0.4) is 0 Å². The number of aromatic nitrogens is 2. The summed E-state index contributed by atoms with van der Waals surface area (Å²) in [6, 6.07) is 7.92. The third-order valence-corrected chi connectivity index (χ3v) is 4.71. The summed E-state index contributed by atoms with van der Waals surface area (Å²) in [5.41, 5.74) is 2.40. The molecule has 1 fully saturated rings. The Labute approximate surface area is 155 Å². The predicted octanol–water partition coefficient (Wildman–Crippen LogP) is 2.78. The van der Waals surface area contributed by atoms with Gasteiger partial charge in [0.25, 0.3) is 5.91 Å². The Balaban J connectivity index is 1.63. The van der Waals surface area contributed by atoms with E-state index in [-0.39, 0.29) is 11.3 Å². The van der Waals surface area contributed by atoms with Crippen LogP contribution in [0.4, 0.5) is 11.5 Å². The van der Waals surface area contributed by atoms with Gasteiger partial charge in [-0.15, -0.1) is 0 Å². The Kier molecular flexibility index (Phi) is 5.23. The fourth-order valence-electron chi connectivity index (χ4n) is 2.89. The Hall–Kier alpha value is -2.47. The number of anilines is 2. The molecule has 0 saturated carbocycles. The van der Waals surface area contributed by atoms with Crippen LogP contribution in [-0.4, -0.2) is 54.0 Å². The number of likely N-dealkylation sites (N-methyl/N-ethyl adjacent to an activating group) is 1. The number of piperazine rings is 1. The molecule has 0 radical (unpaired) electrons. The molecule has 6 heteroatoms. The predicted molar refractivity (Wildman–Crippen MR) is 105 cm³/mol. The lowest BCUT2D eigenvalue weighted by molar-refractivity contribution is 0.102. The number of amides is 1. The number of hydrogen-bond acceptors (Lipinski definition) is 5. The van der Waals surface area contributed by atoms with Gasteiger partial charge in [-0.25, -0.2) is 9.97 Å². The van der Waals surface area contributed by atoms with E-state index in [1.807, 2.05) is 24.3 Å². The average Bonchev–Trinajstić information content (AvgIpc) is 2.62. The summed E-state index contributed by atoms with van der Waals surface area (Å²) in [5, 5.41) is 2.88. The number of benzene rings is 1. The van der Waals surface area contributed by atoms with Crippen LogP contribution in [0.1, 0.15) is 36.8 Å². The second kappa shape index (κ2) is 7.41. The van der Waals surface area contributed by atoms with Crippen LogP contribution in [0.15, 0.2) is 36.7 Å². The monoisotopic (exact) mass is 353 g/mol. The average molecular weight is 353 g/mol. The lowest BCUT2D eigenvalue weighted by Gasteiger charge is -2.32. The lowest BCUT2D eigenvalue weighted by Crippen LogP contribution is -2.44. The lowest BCUT2D eigenvalue weighted by atomic mass is 9.87. The SMILES string of the molecule is CN1CCN(c2cnc(C(=O)Nc3ccc(C(C)(C)C)cc3)cn2)CC1. The molecule has 0 atom stereocenters. The van der Waals surface area contributed by atoms with E-state index in [2.05, 4.69) is 52.9 Å². The maximum Gasteiger partial charge on any atom is 0.275 e. The van der Waals surface area contributed by atoms with Crippen LogP contribution in [0.2, 0.25) is 0 Å². The highest BCUT2D eigenvalue weighted by Crippen LogP contribution is 2.23. The fourth-order valence-corrected chi connectivity index (χ4v) is 2.89. The van der Waals surface area contributed by atoms with Crippen molar-refractivity contribution in [2.45, 2.75) is 26.2 Å². The number of rotatable bonds is 3. The van der Waals surface area contributed by atoms with Crippen molar-refractivity contribution in [1.82, 2.24) is 14.9 Å². The maximum absolute atomic E-state index is 12.4.